The summed E-state index contributed by atoms with van der Waals surface area (Å²) in [5, 5.41) is 2.24. The van der Waals surface area contributed by atoms with Gasteiger partial charge >= 0.3 is 6.18 Å². The minimum Gasteiger partial charge on any atom is -0.491 e. The number of nitrogens with zero attached hydrogens (tertiary/aromatic N) is 1. The maximum absolute atomic E-state index is 14.9. The summed E-state index contributed by atoms with van der Waals surface area (Å²) in [6.45, 7) is 3.66. The normalized spacial score (nSPS) is 11.3. The fourth-order valence-electron chi connectivity index (χ4n) is 2.90. The topological polar surface area (TPSA) is 104 Å². The van der Waals surface area contributed by atoms with Crippen LogP contribution in [0.25, 0.3) is 0 Å². The molecule has 0 bridgehead atoms. The highest BCUT2D eigenvalue weighted by Crippen LogP contribution is 2.37. The van der Waals surface area contributed by atoms with E-state index in [9.17, 15) is 27.2 Å². The summed E-state index contributed by atoms with van der Waals surface area (Å²) < 4.78 is 65.8. The van der Waals surface area contributed by atoms with E-state index in [2.05, 4.69) is 10.3 Å². The molecule has 3 rings (SSSR count). The number of nitrogens with two attached hydrogens (primary N) is 1. The number of nitrogens with one attached hydrogen (secondary N) is 1. The van der Waals surface area contributed by atoms with Gasteiger partial charge in [-0.15, -0.1) is 0 Å². The summed E-state index contributed by atoms with van der Waals surface area (Å²) in [7, 11) is 0. The summed E-state index contributed by atoms with van der Waals surface area (Å²) in [6, 6.07) is 9.70. The first-order valence-electron chi connectivity index (χ1n) is 9.87. The fourth-order valence-corrected chi connectivity index (χ4v) is 2.90. The number of pyridine rings is 1. The van der Waals surface area contributed by atoms with Gasteiger partial charge in [0.15, 0.2) is 5.82 Å². The number of anilines is 1. The Balaban J connectivity index is 1.98. The van der Waals surface area contributed by atoms with Crippen molar-refractivity contribution >= 4 is 17.5 Å². The van der Waals surface area contributed by atoms with Crippen LogP contribution in [0.3, 0.4) is 0 Å². The maximum Gasteiger partial charge on any atom is 0.419 e. The molecule has 2 amide bonds. The summed E-state index contributed by atoms with van der Waals surface area (Å²) in [6.07, 6.45) is -3.99. The van der Waals surface area contributed by atoms with E-state index in [1.165, 1.54) is 18.2 Å². The molecule has 0 aliphatic heterocycles. The second kappa shape index (κ2) is 9.77. The molecule has 0 saturated carbocycles. The Morgan fingerprint density at radius 3 is 2.26 bits per heavy atom. The molecule has 178 valence electrons. The van der Waals surface area contributed by atoms with Gasteiger partial charge in [-0.25, -0.2) is 4.39 Å². The molecule has 1 aromatic heterocycles. The molecule has 0 aliphatic rings. The molecule has 11 heteroatoms. The molecule has 7 nitrogen and oxygen atoms in total. The van der Waals surface area contributed by atoms with Crippen LogP contribution >= 0.6 is 0 Å². The first-order valence-corrected chi connectivity index (χ1v) is 9.87. The molecular weight excluding hydrogens is 458 g/mol. The van der Waals surface area contributed by atoms with E-state index in [0.717, 1.165) is 18.3 Å². The van der Waals surface area contributed by atoms with Crippen LogP contribution in [-0.4, -0.2) is 22.9 Å². The largest absolute Gasteiger partial charge is 0.491 e. The third-order valence-electron chi connectivity index (χ3n) is 4.33. The van der Waals surface area contributed by atoms with Crippen molar-refractivity contribution in [2.24, 2.45) is 5.73 Å². The van der Waals surface area contributed by atoms with Gasteiger partial charge in [0.1, 0.15) is 28.5 Å². The number of primary amides is 1. The lowest BCUT2D eigenvalue weighted by Gasteiger charge is -2.16. The van der Waals surface area contributed by atoms with E-state index < -0.39 is 40.7 Å². The Hall–Kier alpha value is -4.15. The van der Waals surface area contributed by atoms with E-state index >= 15 is 0 Å². The highest BCUT2D eigenvalue weighted by Gasteiger charge is 2.37. The fraction of sp³-hybridized carbons (Fsp3) is 0.174. The predicted octanol–water partition coefficient (Wildman–Crippen LogP) is 5.17. The highest BCUT2D eigenvalue weighted by atomic mass is 19.4. The summed E-state index contributed by atoms with van der Waals surface area (Å²) >= 11 is 0. The molecule has 2 aromatic carbocycles. The Morgan fingerprint density at radius 1 is 1.03 bits per heavy atom. The van der Waals surface area contributed by atoms with Crippen LogP contribution in [0, 0.1) is 5.82 Å². The van der Waals surface area contributed by atoms with Gasteiger partial charge in [0.05, 0.1) is 11.7 Å². The predicted molar refractivity (Wildman–Crippen MR) is 114 cm³/mol. The molecule has 3 aromatic rings. The average molecular weight is 477 g/mol. The summed E-state index contributed by atoms with van der Waals surface area (Å²) in [5.74, 6) is -3.75. The molecule has 3 N–H and O–H groups in total. The lowest BCUT2D eigenvalue weighted by atomic mass is 10.1. The number of carbonyl (C=O) groups excluding carboxylic acids is 2. The van der Waals surface area contributed by atoms with Crippen LogP contribution in [0.15, 0.2) is 54.7 Å². The Morgan fingerprint density at radius 2 is 1.68 bits per heavy atom. The van der Waals surface area contributed by atoms with Crippen LogP contribution in [0.4, 0.5) is 23.2 Å². The number of alkyl halides is 3. The molecule has 0 spiro atoms. The zero-order valence-corrected chi connectivity index (χ0v) is 17.9. The molecule has 0 atom stereocenters. The van der Waals surface area contributed by atoms with Gasteiger partial charge in [0.25, 0.3) is 11.8 Å². The maximum atomic E-state index is 14.9. The van der Waals surface area contributed by atoms with Crippen molar-refractivity contribution in [2.75, 3.05) is 5.32 Å². The third-order valence-corrected chi connectivity index (χ3v) is 4.33. The van der Waals surface area contributed by atoms with Crippen LogP contribution in [-0.2, 0) is 6.18 Å². The van der Waals surface area contributed by atoms with E-state index in [0.29, 0.717) is 11.8 Å². The Kier molecular flexibility index (Phi) is 7.04. The molecule has 0 saturated heterocycles. The van der Waals surface area contributed by atoms with Gasteiger partial charge in [-0.05, 0) is 62.4 Å². The zero-order chi connectivity index (χ0) is 25.0. The van der Waals surface area contributed by atoms with E-state index in [4.69, 9.17) is 15.2 Å². The second-order valence-electron chi connectivity index (χ2n) is 7.29. The molecule has 34 heavy (non-hydrogen) atoms. The average Bonchev–Trinajstić information content (AvgIpc) is 2.74. The SMILES string of the molecule is CC(C)Oc1ccc(Oc2ccc(C(F)(F)F)c(F)c2C(=O)Nc2ccnc(C(N)=O)c2)cc1. The molecule has 0 unspecified atom stereocenters. The van der Waals surface area contributed by atoms with Crippen LogP contribution in [0.1, 0.15) is 40.3 Å². The van der Waals surface area contributed by atoms with Crippen molar-refractivity contribution in [3.8, 4) is 17.2 Å². The zero-order valence-electron chi connectivity index (χ0n) is 17.9. The summed E-state index contributed by atoms with van der Waals surface area (Å²) in [5.41, 5.74) is 2.28. The standard InChI is InChI=1S/C23H19F4N3O4/c1-12(2)33-14-3-5-15(6-4-14)34-18-8-7-16(23(25,26)27)20(24)19(18)22(32)30-13-9-10-29-17(11-13)21(28)31/h3-12H,1-2H3,(H2,28,31)(H,29,30,32). The van der Waals surface area contributed by atoms with Gasteiger partial charge < -0.3 is 20.5 Å². The monoisotopic (exact) mass is 477 g/mol. The van der Waals surface area contributed by atoms with E-state index in [1.54, 1.807) is 12.1 Å². The number of hydrogen-bond donors (Lipinski definition) is 2. The van der Waals surface area contributed by atoms with E-state index in [1.807, 2.05) is 13.8 Å². The van der Waals surface area contributed by atoms with Gasteiger partial charge in [-0.2, -0.15) is 13.2 Å². The van der Waals surface area contributed by atoms with Crippen molar-refractivity contribution in [3.63, 3.8) is 0 Å². The van der Waals surface area contributed by atoms with Crippen molar-refractivity contribution in [2.45, 2.75) is 26.1 Å². The molecule has 0 aliphatic carbocycles. The number of ether oxygens (including phenoxy) is 2. The number of hydrogen-bond acceptors (Lipinski definition) is 5. The third kappa shape index (κ3) is 5.80. The number of aromatic nitrogens is 1. The number of benzene rings is 2. The number of halogens is 4. The molecular formula is C23H19F4N3O4. The summed E-state index contributed by atoms with van der Waals surface area (Å²) in [4.78, 5) is 27.8. The quantitative estimate of drug-likeness (QED) is 0.457. The Labute approximate surface area is 191 Å². The van der Waals surface area contributed by atoms with Crippen molar-refractivity contribution in [1.82, 2.24) is 4.98 Å². The smallest absolute Gasteiger partial charge is 0.419 e. The van der Waals surface area contributed by atoms with Crippen molar-refractivity contribution in [3.05, 3.63) is 77.4 Å². The van der Waals surface area contributed by atoms with Gasteiger partial charge in [0.2, 0.25) is 0 Å². The minimum absolute atomic E-state index is 0.0354. The number of carbonyl (C=O) groups is 2. The van der Waals surface area contributed by atoms with Crippen LogP contribution < -0.4 is 20.5 Å². The number of rotatable bonds is 7. The highest BCUT2D eigenvalue weighted by molar-refractivity contribution is 6.07. The van der Waals surface area contributed by atoms with Crippen LogP contribution in [0.5, 0.6) is 17.2 Å². The number of amides is 2. The first-order chi connectivity index (χ1) is 16.0. The van der Waals surface area contributed by atoms with Gasteiger partial charge in [-0.3, -0.25) is 14.6 Å². The molecule has 0 radical (unpaired) electrons. The van der Waals surface area contributed by atoms with Crippen molar-refractivity contribution < 1.29 is 36.6 Å². The lowest BCUT2D eigenvalue weighted by Crippen LogP contribution is -2.19. The molecule has 1 heterocycles. The minimum atomic E-state index is -5.05. The van der Waals surface area contributed by atoms with Crippen molar-refractivity contribution in [1.29, 1.82) is 0 Å². The van der Waals surface area contributed by atoms with E-state index in [-0.39, 0.29) is 23.2 Å². The van der Waals surface area contributed by atoms with Gasteiger partial charge in [0, 0.05) is 11.9 Å². The van der Waals surface area contributed by atoms with Crippen LogP contribution in [0.2, 0.25) is 0 Å². The lowest BCUT2D eigenvalue weighted by molar-refractivity contribution is -0.140. The second-order valence-corrected chi connectivity index (χ2v) is 7.29. The Bertz CT molecular complexity index is 1210. The molecule has 0 fully saturated rings. The van der Waals surface area contributed by atoms with Gasteiger partial charge in [-0.1, -0.05) is 0 Å². The first kappa shape index (κ1) is 24.5.